The van der Waals surface area contributed by atoms with Gasteiger partial charge in [0.25, 0.3) is 0 Å². The van der Waals surface area contributed by atoms with Crippen LogP contribution in [0.4, 0.5) is 17.6 Å². The SMILES string of the molecule is Nc1nc(COC(=O)/C=C/c2ccc(Br)cc2)nc(Nc2ccccc2)n1. The normalized spacial score (nSPS) is 10.7. The lowest BCUT2D eigenvalue weighted by Crippen LogP contribution is -2.10. The monoisotopic (exact) mass is 425 g/mol. The molecule has 0 aliphatic heterocycles. The summed E-state index contributed by atoms with van der Waals surface area (Å²) < 4.78 is 6.13. The number of hydrogen-bond acceptors (Lipinski definition) is 7. The van der Waals surface area contributed by atoms with Gasteiger partial charge in [0.2, 0.25) is 11.9 Å². The summed E-state index contributed by atoms with van der Waals surface area (Å²) in [5, 5.41) is 3.02. The van der Waals surface area contributed by atoms with Gasteiger partial charge >= 0.3 is 5.97 Å². The fourth-order valence-electron chi connectivity index (χ4n) is 2.13. The lowest BCUT2D eigenvalue weighted by Gasteiger charge is -2.07. The van der Waals surface area contributed by atoms with Crippen molar-refractivity contribution in [3.05, 3.63) is 76.5 Å². The molecule has 8 heteroatoms. The molecule has 1 aromatic heterocycles. The summed E-state index contributed by atoms with van der Waals surface area (Å²) in [4.78, 5) is 24.1. The van der Waals surface area contributed by atoms with Crippen LogP contribution < -0.4 is 11.1 Å². The van der Waals surface area contributed by atoms with Crippen LogP contribution in [0.15, 0.2) is 65.1 Å². The number of rotatable bonds is 6. The number of ether oxygens (including phenoxy) is 1. The summed E-state index contributed by atoms with van der Waals surface area (Å²) in [5.41, 5.74) is 7.40. The Hall–Kier alpha value is -3.26. The zero-order chi connectivity index (χ0) is 19.1. The van der Waals surface area contributed by atoms with Crippen molar-refractivity contribution in [2.24, 2.45) is 0 Å². The molecule has 1 heterocycles. The number of aromatic nitrogens is 3. The number of hydrogen-bond donors (Lipinski definition) is 2. The summed E-state index contributed by atoms with van der Waals surface area (Å²) in [6, 6.07) is 16.9. The summed E-state index contributed by atoms with van der Waals surface area (Å²) in [6.45, 7) is -0.111. The van der Waals surface area contributed by atoms with Gasteiger partial charge in [0.1, 0.15) is 0 Å². The summed E-state index contributed by atoms with van der Waals surface area (Å²) in [5.74, 6) is 0.0748. The van der Waals surface area contributed by atoms with Gasteiger partial charge in [-0.15, -0.1) is 0 Å². The van der Waals surface area contributed by atoms with Crippen LogP contribution >= 0.6 is 15.9 Å². The Balaban J connectivity index is 1.60. The predicted octanol–water partition coefficient (Wildman–Crippen LogP) is 3.72. The van der Waals surface area contributed by atoms with Crippen LogP contribution in [-0.2, 0) is 16.1 Å². The van der Waals surface area contributed by atoms with E-state index in [1.807, 2.05) is 54.6 Å². The zero-order valence-corrected chi connectivity index (χ0v) is 15.8. The molecule has 0 aliphatic carbocycles. The van der Waals surface area contributed by atoms with Crippen LogP contribution in [0, 0.1) is 0 Å². The topological polar surface area (TPSA) is 103 Å². The summed E-state index contributed by atoms with van der Waals surface area (Å²) in [6.07, 6.45) is 3.01. The first kappa shape index (κ1) is 18.5. The second-order valence-corrected chi connectivity index (χ2v) is 6.33. The summed E-state index contributed by atoms with van der Waals surface area (Å²) >= 11 is 3.36. The predicted molar refractivity (Wildman–Crippen MR) is 107 cm³/mol. The Morgan fingerprint density at radius 2 is 1.81 bits per heavy atom. The smallest absolute Gasteiger partial charge is 0.331 e. The van der Waals surface area contributed by atoms with Crippen LogP contribution in [0.2, 0.25) is 0 Å². The standard InChI is InChI=1S/C19H16BrN5O2/c20-14-9-6-13(7-10-14)8-11-17(26)27-12-16-23-18(21)25-19(24-16)22-15-4-2-1-3-5-15/h1-11H,12H2,(H3,21,22,23,24,25)/b11-8+. The molecule has 136 valence electrons. The van der Waals surface area contributed by atoms with E-state index in [1.54, 1.807) is 6.08 Å². The minimum atomic E-state index is -0.505. The third-order valence-corrected chi connectivity index (χ3v) is 3.88. The average Bonchev–Trinajstić information content (AvgIpc) is 2.66. The van der Waals surface area contributed by atoms with Crippen molar-refractivity contribution in [2.75, 3.05) is 11.1 Å². The molecule has 0 radical (unpaired) electrons. The van der Waals surface area contributed by atoms with Crippen LogP contribution in [-0.4, -0.2) is 20.9 Å². The Morgan fingerprint density at radius 1 is 1.07 bits per heavy atom. The van der Waals surface area contributed by atoms with Crippen molar-refractivity contribution in [2.45, 2.75) is 6.61 Å². The maximum atomic E-state index is 11.9. The second kappa shape index (κ2) is 8.91. The van der Waals surface area contributed by atoms with E-state index in [2.05, 4.69) is 36.2 Å². The number of carbonyl (C=O) groups excluding carboxylic acids is 1. The highest BCUT2D eigenvalue weighted by atomic mass is 79.9. The van der Waals surface area contributed by atoms with Gasteiger partial charge in [-0.05, 0) is 35.9 Å². The number of nitrogens with one attached hydrogen (secondary N) is 1. The van der Waals surface area contributed by atoms with Crippen molar-refractivity contribution in [3.63, 3.8) is 0 Å². The molecule has 7 nitrogen and oxygen atoms in total. The van der Waals surface area contributed by atoms with E-state index in [9.17, 15) is 4.79 Å². The largest absolute Gasteiger partial charge is 0.454 e. The van der Waals surface area contributed by atoms with Crippen LogP contribution in [0.3, 0.4) is 0 Å². The molecule has 2 aromatic carbocycles. The van der Waals surface area contributed by atoms with E-state index in [4.69, 9.17) is 10.5 Å². The highest BCUT2D eigenvalue weighted by Gasteiger charge is 2.07. The third kappa shape index (κ3) is 5.89. The van der Waals surface area contributed by atoms with Crippen LogP contribution in [0.1, 0.15) is 11.4 Å². The molecule has 27 heavy (non-hydrogen) atoms. The summed E-state index contributed by atoms with van der Waals surface area (Å²) in [7, 11) is 0. The molecule has 3 N–H and O–H groups in total. The minimum absolute atomic E-state index is 0.0416. The van der Waals surface area contributed by atoms with Gasteiger partial charge in [-0.25, -0.2) is 4.79 Å². The van der Waals surface area contributed by atoms with Gasteiger partial charge < -0.3 is 15.8 Å². The van der Waals surface area contributed by atoms with Gasteiger partial charge in [0.05, 0.1) is 0 Å². The molecular formula is C19H16BrN5O2. The first-order valence-electron chi connectivity index (χ1n) is 8.01. The second-order valence-electron chi connectivity index (χ2n) is 5.42. The molecule has 0 unspecified atom stereocenters. The number of para-hydroxylation sites is 1. The number of esters is 1. The van der Waals surface area contributed by atoms with Gasteiger partial charge in [-0.1, -0.05) is 46.3 Å². The third-order valence-electron chi connectivity index (χ3n) is 3.35. The lowest BCUT2D eigenvalue weighted by molar-refractivity contribution is -0.139. The van der Waals surface area contributed by atoms with Crippen molar-refractivity contribution in [1.29, 1.82) is 0 Å². The van der Waals surface area contributed by atoms with Gasteiger partial charge in [0, 0.05) is 16.2 Å². The number of nitrogen functional groups attached to an aromatic ring is 1. The van der Waals surface area contributed by atoms with E-state index >= 15 is 0 Å². The van der Waals surface area contributed by atoms with E-state index < -0.39 is 5.97 Å². The Bertz CT molecular complexity index is 946. The Labute approximate surface area is 164 Å². The molecule has 3 aromatic rings. The number of nitrogens with two attached hydrogens (primary N) is 1. The van der Waals surface area contributed by atoms with Crippen molar-refractivity contribution in [3.8, 4) is 0 Å². The minimum Gasteiger partial charge on any atom is -0.454 e. The lowest BCUT2D eigenvalue weighted by atomic mass is 10.2. The molecule has 0 fully saturated rings. The Morgan fingerprint density at radius 3 is 2.56 bits per heavy atom. The maximum absolute atomic E-state index is 11.9. The molecule has 0 bridgehead atoms. The molecule has 0 aliphatic rings. The van der Waals surface area contributed by atoms with Crippen molar-refractivity contribution >= 4 is 45.6 Å². The fourth-order valence-corrected chi connectivity index (χ4v) is 2.40. The highest BCUT2D eigenvalue weighted by Crippen LogP contribution is 2.13. The van der Waals surface area contributed by atoms with Gasteiger partial charge in [-0.2, -0.15) is 15.0 Å². The van der Waals surface area contributed by atoms with Crippen LogP contribution in [0.5, 0.6) is 0 Å². The van der Waals surface area contributed by atoms with Crippen molar-refractivity contribution < 1.29 is 9.53 Å². The quantitative estimate of drug-likeness (QED) is 0.458. The molecular weight excluding hydrogens is 410 g/mol. The first-order chi connectivity index (χ1) is 13.1. The van der Waals surface area contributed by atoms with Gasteiger partial charge in [-0.3, -0.25) is 0 Å². The molecule has 0 spiro atoms. The number of halogens is 1. The van der Waals surface area contributed by atoms with Crippen LogP contribution in [0.25, 0.3) is 6.08 Å². The fraction of sp³-hybridized carbons (Fsp3) is 0.0526. The molecule has 0 atom stereocenters. The Kier molecular flexibility index (Phi) is 6.11. The zero-order valence-electron chi connectivity index (χ0n) is 14.2. The maximum Gasteiger partial charge on any atom is 0.331 e. The van der Waals surface area contributed by atoms with E-state index in [0.29, 0.717) is 0 Å². The van der Waals surface area contributed by atoms with E-state index in [-0.39, 0.29) is 24.3 Å². The molecule has 3 rings (SSSR count). The number of nitrogens with zero attached hydrogens (tertiary/aromatic N) is 3. The average molecular weight is 426 g/mol. The number of benzene rings is 2. The van der Waals surface area contributed by atoms with E-state index in [0.717, 1.165) is 15.7 Å². The molecule has 0 saturated heterocycles. The number of anilines is 3. The van der Waals surface area contributed by atoms with Gasteiger partial charge in [0.15, 0.2) is 12.4 Å². The molecule has 0 saturated carbocycles. The first-order valence-corrected chi connectivity index (χ1v) is 8.81. The van der Waals surface area contributed by atoms with Crippen molar-refractivity contribution in [1.82, 2.24) is 15.0 Å². The number of carbonyl (C=O) groups is 1. The highest BCUT2D eigenvalue weighted by molar-refractivity contribution is 9.10. The van der Waals surface area contributed by atoms with E-state index in [1.165, 1.54) is 6.08 Å². The molecule has 0 amide bonds.